The number of amides is 1. The van der Waals surface area contributed by atoms with Gasteiger partial charge in [0.15, 0.2) is 0 Å². The molecule has 2 saturated heterocycles. The minimum atomic E-state index is 0.131. The van der Waals surface area contributed by atoms with Gasteiger partial charge in [0.2, 0.25) is 11.9 Å². The highest BCUT2D eigenvalue weighted by Gasteiger charge is 2.28. The summed E-state index contributed by atoms with van der Waals surface area (Å²) < 4.78 is 0. The third-order valence-electron chi connectivity index (χ3n) is 5.10. The van der Waals surface area contributed by atoms with Gasteiger partial charge in [-0.25, -0.2) is 9.97 Å². The summed E-state index contributed by atoms with van der Waals surface area (Å²) in [5.41, 5.74) is 2.15. The number of hydrogen-bond acceptors (Lipinski definition) is 6. The van der Waals surface area contributed by atoms with E-state index >= 15 is 0 Å². The number of hydrogen-bond donors (Lipinski definition) is 1. The molecule has 0 aliphatic carbocycles. The van der Waals surface area contributed by atoms with Crippen LogP contribution in [0, 0.1) is 6.92 Å². The second-order valence-electron chi connectivity index (χ2n) is 7.11. The first-order chi connectivity index (χ1) is 12.6. The molecule has 1 amide bonds. The Labute approximate surface area is 153 Å². The van der Waals surface area contributed by atoms with Gasteiger partial charge in [-0.15, -0.1) is 0 Å². The van der Waals surface area contributed by atoms with Crippen molar-refractivity contribution in [2.45, 2.75) is 32.6 Å². The van der Waals surface area contributed by atoms with E-state index in [4.69, 9.17) is 4.98 Å². The SMILES string of the molecule is CC(=O)N1CCC(c2cc(Nc3cc(C)ccn3)nc(N3CCC3)n2)C1. The number of nitrogens with one attached hydrogen (secondary N) is 1. The van der Waals surface area contributed by atoms with Crippen LogP contribution in [0.1, 0.15) is 36.9 Å². The van der Waals surface area contributed by atoms with Gasteiger partial charge in [-0.2, -0.15) is 4.98 Å². The highest BCUT2D eigenvalue weighted by molar-refractivity contribution is 5.73. The molecule has 0 radical (unpaired) electrons. The molecular weight excluding hydrogens is 328 g/mol. The molecule has 1 atom stereocenters. The van der Waals surface area contributed by atoms with Gasteiger partial charge in [0, 0.05) is 51.3 Å². The van der Waals surface area contributed by atoms with E-state index in [1.807, 2.05) is 30.0 Å². The Morgan fingerprint density at radius 1 is 1.19 bits per heavy atom. The van der Waals surface area contributed by atoms with Gasteiger partial charge >= 0.3 is 0 Å². The summed E-state index contributed by atoms with van der Waals surface area (Å²) in [7, 11) is 0. The van der Waals surface area contributed by atoms with Crippen molar-refractivity contribution < 1.29 is 4.79 Å². The van der Waals surface area contributed by atoms with Crippen molar-refractivity contribution in [1.82, 2.24) is 19.9 Å². The molecule has 0 saturated carbocycles. The average molecular weight is 352 g/mol. The summed E-state index contributed by atoms with van der Waals surface area (Å²) in [6.45, 7) is 7.19. The van der Waals surface area contributed by atoms with Crippen LogP contribution in [-0.2, 0) is 4.79 Å². The van der Waals surface area contributed by atoms with E-state index in [-0.39, 0.29) is 11.8 Å². The van der Waals surface area contributed by atoms with Gasteiger partial charge in [-0.05, 0) is 37.5 Å². The number of likely N-dealkylation sites (tertiary alicyclic amines) is 1. The fraction of sp³-hybridized carbons (Fsp3) is 0.474. The molecule has 2 aromatic rings. The summed E-state index contributed by atoms with van der Waals surface area (Å²) in [4.78, 5) is 29.6. The van der Waals surface area contributed by atoms with Crippen LogP contribution in [0.3, 0.4) is 0 Å². The van der Waals surface area contributed by atoms with E-state index in [2.05, 4.69) is 20.2 Å². The Hall–Kier alpha value is -2.70. The number of carbonyl (C=O) groups excluding carboxylic acids is 1. The molecule has 2 fully saturated rings. The fourth-order valence-corrected chi connectivity index (χ4v) is 3.41. The van der Waals surface area contributed by atoms with E-state index in [0.29, 0.717) is 0 Å². The number of carbonyl (C=O) groups is 1. The third-order valence-corrected chi connectivity index (χ3v) is 5.10. The van der Waals surface area contributed by atoms with E-state index < -0.39 is 0 Å². The highest BCUT2D eigenvalue weighted by Crippen LogP contribution is 2.30. The van der Waals surface area contributed by atoms with Crippen molar-refractivity contribution in [3.63, 3.8) is 0 Å². The molecule has 0 aromatic carbocycles. The molecular formula is C19H24N6O. The molecule has 1 N–H and O–H groups in total. The van der Waals surface area contributed by atoms with Crippen LogP contribution in [0.5, 0.6) is 0 Å². The molecule has 0 spiro atoms. The lowest BCUT2D eigenvalue weighted by Crippen LogP contribution is -2.38. The second kappa shape index (κ2) is 6.90. The van der Waals surface area contributed by atoms with Crippen LogP contribution in [0.4, 0.5) is 17.6 Å². The summed E-state index contributed by atoms with van der Waals surface area (Å²) >= 11 is 0. The maximum Gasteiger partial charge on any atom is 0.227 e. The Balaban J connectivity index is 1.62. The van der Waals surface area contributed by atoms with Crippen LogP contribution in [0.25, 0.3) is 0 Å². The van der Waals surface area contributed by atoms with Gasteiger partial charge < -0.3 is 15.1 Å². The molecule has 7 nitrogen and oxygen atoms in total. The Kier molecular flexibility index (Phi) is 4.44. The molecule has 4 heterocycles. The van der Waals surface area contributed by atoms with Crippen molar-refractivity contribution in [3.05, 3.63) is 35.7 Å². The minimum Gasteiger partial charge on any atom is -0.342 e. The second-order valence-corrected chi connectivity index (χ2v) is 7.11. The van der Waals surface area contributed by atoms with E-state index in [0.717, 1.165) is 61.4 Å². The molecule has 2 aliphatic heterocycles. The van der Waals surface area contributed by atoms with Crippen LogP contribution in [0.15, 0.2) is 24.4 Å². The first-order valence-corrected chi connectivity index (χ1v) is 9.17. The third kappa shape index (κ3) is 3.47. The van der Waals surface area contributed by atoms with Crippen molar-refractivity contribution in [2.75, 3.05) is 36.4 Å². The first kappa shape index (κ1) is 16.8. The van der Waals surface area contributed by atoms with Gasteiger partial charge in [-0.1, -0.05) is 0 Å². The topological polar surface area (TPSA) is 74.2 Å². The normalized spacial score (nSPS) is 19.4. The Bertz CT molecular complexity index is 819. The van der Waals surface area contributed by atoms with Crippen LogP contribution >= 0.6 is 0 Å². The standard InChI is InChI=1S/C19H24N6O/c1-13-4-6-20-17(10-13)22-18-11-16(15-5-9-25(12-15)14(2)26)21-19(23-18)24-7-3-8-24/h4,6,10-11,15H,3,5,7-9,12H2,1-2H3,(H,20,21,22,23). The monoisotopic (exact) mass is 352 g/mol. The van der Waals surface area contributed by atoms with E-state index in [1.165, 1.54) is 6.42 Å². The van der Waals surface area contributed by atoms with Gasteiger partial charge in [0.1, 0.15) is 11.6 Å². The average Bonchev–Trinajstić information content (AvgIpc) is 3.03. The zero-order valence-electron chi connectivity index (χ0n) is 15.3. The maximum absolute atomic E-state index is 11.7. The predicted molar refractivity (Wildman–Crippen MR) is 101 cm³/mol. The lowest BCUT2D eigenvalue weighted by molar-refractivity contribution is -0.127. The molecule has 7 heteroatoms. The van der Waals surface area contributed by atoms with Crippen LogP contribution < -0.4 is 10.2 Å². The molecule has 136 valence electrons. The zero-order chi connectivity index (χ0) is 18.1. The zero-order valence-corrected chi connectivity index (χ0v) is 15.3. The van der Waals surface area contributed by atoms with Crippen molar-refractivity contribution >= 4 is 23.5 Å². The minimum absolute atomic E-state index is 0.131. The smallest absolute Gasteiger partial charge is 0.227 e. The molecule has 2 aliphatic rings. The maximum atomic E-state index is 11.7. The summed E-state index contributed by atoms with van der Waals surface area (Å²) in [5, 5.41) is 3.32. The van der Waals surface area contributed by atoms with Gasteiger partial charge in [0.25, 0.3) is 0 Å². The van der Waals surface area contributed by atoms with Gasteiger partial charge in [-0.3, -0.25) is 4.79 Å². The van der Waals surface area contributed by atoms with Crippen LogP contribution in [0.2, 0.25) is 0 Å². The molecule has 4 rings (SSSR count). The quantitative estimate of drug-likeness (QED) is 0.911. The Morgan fingerprint density at radius 3 is 2.69 bits per heavy atom. The van der Waals surface area contributed by atoms with Gasteiger partial charge in [0.05, 0.1) is 5.69 Å². The summed E-state index contributed by atoms with van der Waals surface area (Å²) in [6, 6.07) is 5.97. The summed E-state index contributed by atoms with van der Waals surface area (Å²) in [5.74, 6) is 2.70. The summed E-state index contributed by atoms with van der Waals surface area (Å²) in [6.07, 6.45) is 3.91. The Morgan fingerprint density at radius 2 is 2.04 bits per heavy atom. The predicted octanol–water partition coefficient (Wildman–Crippen LogP) is 2.47. The largest absolute Gasteiger partial charge is 0.342 e. The van der Waals surface area contributed by atoms with Crippen molar-refractivity contribution in [1.29, 1.82) is 0 Å². The lowest BCUT2D eigenvalue weighted by Gasteiger charge is -2.31. The fourth-order valence-electron chi connectivity index (χ4n) is 3.41. The molecule has 0 bridgehead atoms. The highest BCUT2D eigenvalue weighted by atomic mass is 16.2. The number of nitrogens with zero attached hydrogens (tertiary/aromatic N) is 5. The number of pyridine rings is 1. The number of aryl methyl sites for hydroxylation is 1. The molecule has 26 heavy (non-hydrogen) atoms. The number of anilines is 3. The molecule has 2 aromatic heterocycles. The number of aromatic nitrogens is 3. The van der Waals surface area contributed by atoms with Crippen LogP contribution in [-0.4, -0.2) is 51.9 Å². The first-order valence-electron chi connectivity index (χ1n) is 9.17. The van der Waals surface area contributed by atoms with Crippen molar-refractivity contribution in [3.8, 4) is 0 Å². The van der Waals surface area contributed by atoms with E-state index in [9.17, 15) is 4.79 Å². The van der Waals surface area contributed by atoms with Crippen molar-refractivity contribution in [2.24, 2.45) is 0 Å². The number of rotatable bonds is 4. The van der Waals surface area contributed by atoms with E-state index in [1.54, 1.807) is 13.1 Å². The lowest BCUT2D eigenvalue weighted by atomic mass is 10.0. The molecule has 1 unspecified atom stereocenters.